The second-order valence-corrected chi connectivity index (χ2v) is 9.27. The molecule has 4 aliphatic rings. The summed E-state index contributed by atoms with van der Waals surface area (Å²) in [6.07, 6.45) is 11.1. The van der Waals surface area contributed by atoms with Gasteiger partial charge in [0.2, 0.25) is 0 Å². The number of rotatable bonds is 1. The number of hydrogen-bond donors (Lipinski definition) is 0. The molecule has 0 saturated heterocycles. The zero-order valence-corrected chi connectivity index (χ0v) is 14.9. The largest absolute Gasteiger partial charge is 0.299 e. The number of allylic oxidation sites excluding steroid dienone is 2. The molecule has 0 spiro atoms. The molecule has 2 nitrogen and oxygen atoms in total. The molecule has 0 radical (unpaired) electrons. The van der Waals surface area contributed by atoms with Gasteiger partial charge in [0, 0.05) is 11.8 Å². The van der Waals surface area contributed by atoms with E-state index in [1.165, 1.54) is 19.3 Å². The Kier molecular flexibility index (Phi) is 3.42. The fourth-order valence-electron chi connectivity index (χ4n) is 6.94. The molecule has 3 saturated carbocycles. The molecule has 0 aromatic carbocycles. The van der Waals surface area contributed by atoms with Gasteiger partial charge in [-0.2, -0.15) is 0 Å². The van der Waals surface area contributed by atoms with Gasteiger partial charge in [-0.25, -0.2) is 0 Å². The van der Waals surface area contributed by atoms with Crippen molar-refractivity contribution in [1.82, 2.24) is 0 Å². The Morgan fingerprint density at radius 3 is 2.65 bits per heavy atom. The standard InChI is InChI=1S/C21H30O2/c1-13(22)14-8-10-20(2)15(12-14)4-5-16-17-6-7-19(23)21(17,3)11-9-18(16)20/h8,15-18H,4-7,9-12H2,1-3H3/t15-,16-,17+,18+,20-,21-/m0/s1. The van der Waals surface area contributed by atoms with Gasteiger partial charge in [-0.1, -0.05) is 19.9 Å². The molecule has 0 N–H and O–H groups in total. The molecule has 0 amide bonds. The summed E-state index contributed by atoms with van der Waals surface area (Å²) in [4.78, 5) is 24.2. The third-order valence-corrected chi connectivity index (χ3v) is 8.48. The number of carbonyl (C=O) groups excluding carboxylic acids is 2. The molecule has 0 bridgehead atoms. The van der Waals surface area contributed by atoms with Crippen LogP contribution < -0.4 is 0 Å². The van der Waals surface area contributed by atoms with Crippen LogP contribution in [0.15, 0.2) is 11.6 Å². The number of fused-ring (bicyclic) bond motifs is 5. The molecule has 4 aliphatic carbocycles. The maximum atomic E-state index is 12.4. The lowest BCUT2D eigenvalue weighted by atomic mass is 9.45. The summed E-state index contributed by atoms with van der Waals surface area (Å²) < 4.78 is 0. The molecule has 0 aromatic rings. The number of hydrogen-bond acceptors (Lipinski definition) is 2. The first-order valence-electron chi connectivity index (χ1n) is 9.59. The highest BCUT2D eigenvalue weighted by molar-refractivity contribution is 5.93. The molecule has 0 aromatic heterocycles. The summed E-state index contributed by atoms with van der Waals surface area (Å²) in [5, 5.41) is 0. The first-order chi connectivity index (χ1) is 10.9. The van der Waals surface area contributed by atoms with E-state index in [0.717, 1.165) is 49.5 Å². The van der Waals surface area contributed by atoms with Gasteiger partial charge in [0.25, 0.3) is 0 Å². The van der Waals surface area contributed by atoms with Gasteiger partial charge in [-0.3, -0.25) is 9.59 Å². The van der Waals surface area contributed by atoms with Crippen molar-refractivity contribution in [2.24, 2.45) is 34.5 Å². The van der Waals surface area contributed by atoms with E-state index in [2.05, 4.69) is 19.9 Å². The molecule has 2 heteroatoms. The molecule has 126 valence electrons. The van der Waals surface area contributed by atoms with Crippen molar-refractivity contribution in [2.75, 3.05) is 0 Å². The highest BCUT2D eigenvalue weighted by atomic mass is 16.1. The van der Waals surface area contributed by atoms with E-state index < -0.39 is 0 Å². The Balaban J connectivity index is 1.64. The van der Waals surface area contributed by atoms with Crippen molar-refractivity contribution in [3.63, 3.8) is 0 Å². The predicted octanol–water partition coefficient (Wildman–Crippen LogP) is 4.72. The van der Waals surface area contributed by atoms with Gasteiger partial charge in [0.05, 0.1) is 0 Å². The maximum Gasteiger partial charge on any atom is 0.155 e. The van der Waals surface area contributed by atoms with E-state index in [9.17, 15) is 9.59 Å². The highest BCUT2D eigenvalue weighted by Crippen LogP contribution is 2.65. The second kappa shape index (κ2) is 5.04. The van der Waals surface area contributed by atoms with E-state index in [4.69, 9.17) is 0 Å². The number of carbonyl (C=O) groups is 2. The summed E-state index contributed by atoms with van der Waals surface area (Å²) in [6, 6.07) is 0. The Bertz CT molecular complexity index is 589. The summed E-state index contributed by atoms with van der Waals surface area (Å²) in [5.41, 5.74) is 1.41. The normalized spacial score (nSPS) is 49.0. The van der Waals surface area contributed by atoms with Crippen molar-refractivity contribution in [3.05, 3.63) is 11.6 Å². The quantitative estimate of drug-likeness (QED) is 0.701. The van der Waals surface area contributed by atoms with Crippen LogP contribution in [-0.4, -0.2) is 11.6 Å². The average Bonchev–Trinajstić information content (AvgIpc) is 2.82. The van der Waals surface area contributed by atoms with Gasteiger partial charge in [0.15, 0.2) is 5.78 Å². The Morgan fingerprint density at radius 1 is 1.13 bits per heavy atom. The molecule has 0 heterocycles. The smallest absolute Gasteiger partial charge is 0.155 e. The zero-order valence-electron chi connectivity index (χ0n) is 14.9. The lowest BCUT2D eigenvalue weighted by Crippen LogP contribution is -2.52. The predicted molar refractivity (Wildman–Crippen MR) is 90.9 cm³/mol. The summed E-state index contributed by atoms with van der Waals surface area (Å²) in [5.74, 6) is 3.62. The minimum absolute atomic E-state index is 0.0145. The van der Waals surface area contributed by atoms with Gasteiger partial charge < -0.3 is 0 Å². The van der Waals surface area contributed by atoms with E-state index in [0.29, 0.717) is 23.0 Å². The maximum absolute atomic E-state index is 12.4. The SMILES string of the molecule is CC(=O)C1=CC[C@@]2(C)[C@@H](CC[C@@H]3[C@H]2CC[C@]2(C)C(=O)CC[C@H]32)C1. The van der Waals surface area contributed by atoms with Crippen molar-refractivity contribution in [2.45, 2.75) is 72.1 Å². The summed E-state index contributed by atoms with van der Waals surface area (Å²) in [7, 11) is 0. The first kappa shape index (κ1) is 15.6. The lowest BCUT2D eigenvalue weighted by Gasteiger charge is -2.59. The fourth-order valence-corrected chi connectivity index (χ4v) is 6.94. The monoisotopic (exact) mass is 314 g/mol. The number of ketones is 2. The van der Waals surface area contributed by atoms with Gasteiger partial charge in [0.1, 0.15) is 5.78 Å². The van der Waals surface area contributed by atoms with Crippen LogP contribution in [0, 0.1) is 34.5 Å². The van der Waals surface area contributed by atoms with Crippen LogP contribution >= 0.6 is 0 Å². The van der Waals surface area contributed by atoms with Crippen molar-refractivity contribution in [3.8, 4) is 0 Å². The minimum atomic E-state index is -0.0145. The van der Waals surface area contributed by atoms with Crippen LogP contribution in [0.5, 0.6) is 0 Å². The van der Waals surface area contributed by atoms with Gasteiger partial charge >= 0.3 is 0 Å². The van der Waals surface area contributed by atoms with Crippen LogP contribution in [0.3, 0.4) is 0 Å². The minimum Gasteiger partial charge on any atom is -0.299 e. The lowest BCUT2D eigenvalue weighted by molar-refractivity contribution is -0.136. The third kappa shape index (κ3) is 2.06. The van der Waals surface area contributed by atoms with Crippen molar-refractivity contribution >= 4 is 11.6 Å². The van der Waals surface area contributed by atoms with E-state index >= 15 is 0 Å². The Hall–Kier alpha value is -0.920. The Labute approximate surface area is 140 Å². The van der Waals surface area contributed by atoms with Gasteiger partial charge in [-0.15, -0.1) is 0 Å². The molecule has 0 aliphatic heterocycles. The second-order valence-electron chi connectivity index (χ2n) is 9.27. The van der Waals surface area contributed by atoms with Crippen molar-refractivity contribution in [1.29, 1.82) is 0 Å². The molecule has 6 atom stereocenters. The molecular weight excluding hydrogens is 284 g/mol. The summed E-state index contributed by atoms with van der Waals surface area (Å²) >= 11 is 0. The summed E-state index contributed by atoms with van der Waals surface area (Å²) in [6.45, 7) is 6.46. The average molecular weight is 314 g/mol. The van der Waals surface area contributed by atoms with Crippen LogP contribution in [0.2, 0.25) is 0 Å². The fraction of sp³-hybridized carbons (Fsp3) is 0.810. The Morgan fingerprint density at radius 2 is 1.91 bits per heavy atom. The molecule has 0 unspecified atom stereocenters. The van der Waals surface area contributed by atoms with Crippen LogP contribution in [0.1, 0.15) is 72.1 Å². The molecule has 23 heavy (non-hydrogen) atoms. The molecule has 3 fully saturated rings. The van der Waals surface area contributed by atoms with Gasteiger partial charge in [-0.05, 0) is 86.5 Å². The third-order valence-electron chi connectivity index (χ3n) is 8.48. The zero-order chi connectivity index (χ0) is 16.4. The molecule has 4 rings (SSSR count). The van der Waals surface area contributed by atoms with Crippen molar-refractivity contribution < 1.29 is 9.59 Å². The van der Waals surface area contributed by atoms with Crippen LogP contribution in [0.25, 0.3) is 0 Å². The highest BCUT2D eigenvalue weighted by Gasteiger charge is 2.59. The first-order valence-corrected chi connectivity index (χ1v) is 9.59. The topological polar surface area (TPSA) is 34.1 Å². The van der Waals surface area contributed by atoms with E-state index in [1.807, 2.05) is 0 Å². The number of Topliss-reactive ketones (excluding diaryl/α,β-unsaturated/α-hetero) is 2. The van der Waals surface area contributed by atoms with E-state index in [1.54, 1.807) is 6.92 Å². The van der Waals surface area contributed by atoms with Crippen LogP contribution in [0.4, 0.5) is 0 Å². The van der Waals surface area contributed by atoms with Crippen LogP contribution in [-0.2, 0) is 9.59 Å². The van der Waals surface area contributed by atoms with E-state index in [-0.39, 0.29) is 11.2 Å². The molecular formula is C21H30O2.